The van der Waals surface area contributed by atoms with E-state index in [-0.39, 0.29) is 17.6 Å². The summed E-state index contributed by atoms with van der Waals surface area (Å²) < 4.78 is 20.9. The molecular weight excluding hydrogens is 437 g/mol. The molecule has 2 aromatic heterocycles. The van der Waals surface area contributed by atoms with E-state index in [1.807, 2.05) is 18.5 Å². The van der Waals surface area contributed by atoms with E-state index in [4.69, 9.17) is 19.8 Å². The summed E-state index contributed by atoms with van der Waals surface area (Å²) in [4.78, 5) is 24.1. The number of amides is 1. The Balaban J connectivity index is 1.78. The van der Waals surface area contributed by atoms with Crippen molar-refractivity contribution >= 4 is 34.4 Å². The zero-order valence-electron chi connectivity index (χ0n) is 20.0. The van der Waals surface area contributed by atoms with Gasteiger partial charge in [0, 0.05) is 32.4 Å². The van der Waals surface area contributed by atoms with E-state index < -0.39 is 0 Å². The molecule has 1 fully saturated rings. The van der Waals surface area contributed by atoms with E-state index in [9.17, 15) is 9.18 Å². The van der Waals surface area contributed by atoms with Gasteiger partial charge in [0.05, 0.1) is 24.8 Å². The lowest BCUT2D eigenvalue weighted by molar-refractivity contribution is -0.124. The van der Waals surface area contributed by atoms with Crippen molar-refractivity contribution in [1.82, 2.24) is 25.1 Å². The van der Waals surface area contributed by atoms with Crippen LogP contribution in [0, 0.1) is 11.7 Å². The van der Waals surface area contributed by atoms with Gasteiger partial charge in [-0.25, -0.2) is 9.37 Å². The molecule has 0 bridgehead atoms. The van der Waals surface area contributed by atoms with Crippen LogP contribution in [-0.4, -0.2) is 59.0 Å². The number of hydrogen-bond donors (Lipinski definition) is 2. The van der Waals surface area contributed by atoms with Gasteiger partial charge in [0.2, 0.25) is 11.9 Å². The number of aromatic nitrogens is 4. The van der Waals surface area contributed by atoms with E-state index in [1.54, 1.807) is 19.2 Å². The Labute approximate surface area is 198 Å². The van der Waals surface area contributed by atoms with Gasteiger partial charge in [-0.1, -0.05) is 6.92 Å². The van der Waals surface area contributed by atoms with Gasteiger partial charge in [0.15, 0.2) is 5.82 Å². The molecule has 0 radical (unpaired) electrons. The van der Waals surface area contributed by atoms with Gasteiger partial charge in [-0.05, 0) is 50.5 Å². The lowest BCUT2D eigenvalue weighted by atomic mass is 9.97. The van der Waals surface area contributed by atoms with Crippen LogP contribution in [0.25, 0.3) is 11.0 Å². The first kappa shape index (κ1) is 23.9. The summed E-state index contributed by atoms with van der Waals surface area (Å²) in [6.45, 7) is 7.05. The van der Waals surface area contributed by atoms with Crippen LogP contribution < -0.4 is 15.5 Å². The minimum Gasteiger partial charge on any atom is -0.380 e. The average molecular weight is 470 g/mol. The molecule has 0 aliphatic carbocycles. The number of fused-ring (bicyclic) bond motifs is 1. The number of piperidine rings is 1. The van der Waals surface area contributed by atoms with Crippen molar-refractivity contribution in [3.05, 3.63) is 35.8 Å². The lowest BCUT2D eigenvalue weighted by Gasteiger charge is -2.32. The number of carbonyl (C=O) groups is 1. The van der Waals surface area contributed by atoms with Crippen molar-refractivity contribution in [3.8, 4) is 0 Å². The first-order chi connectivity index (χ1) is 16.5. The Morgan fingerprint density at radius 3 is 2.74 bits per heavy atom. The smallest absolute Gasteiger partial charge is 0.228 e. The van der Waals surface area contributed by atoms with Crippen LogP contribution in [0.15, 0.2) is 24.3 Å². The van der Waals surface area contributed by atoms with Crippen molar-refractivity contribution in [3.63, 3.8) is 0 Å². The molecule has 2 N–H and O–H groups in total. The monoisotopic (exact) mass is 469 g/mol. The first-order valence-corrected chi connectivity index (χ1v) is 11.9. The number of nitrogens with zero attached hydrogens (tertiary/aromatic N) is 5. The fourth-order valence-corrected chi connectivity index (χ4v) is 4.30. The number of halogens is 1. The van der Waals surface area contributed by atoms with Crippen molar-refractivity contribution in [2.24, 2.45) is 5.92 Å². The van der Waals surface area contributed by atoms with Gasteiger partial charge in [0.1, 0.15) is 16.9 Å². The molecular formula is C24H32FN7O2. The van der Waals surface area contributed by atoms with Crippen LogP contribution in [0.4, 0.5) is 21.8 Å². The van der Waals surface area contributed by atoms with E-state index in [0.29, 0.717) is 50.2 Å². The van der Waals surface area contributed by atoms with Gasteiger partial charge >= 0.3 is 0 Å². The molecule has 3 heterocycles. The summed E-state index contributed by atoms with van der Waals surface area (Å²) in [6.07, 6.45) is 2.44. The molecule has 0 spiro atoms. The summed E-state index contributed by atoms with van der Waals surface area (Å²) >= 11 is 0. The third-order valence-electron chi connectivity index (χ3n) is 6.06. The lowest BCUT2D eigenvalue weighted by Crippen LogP contribution is -2.42. The van der Waals surface area contributed by atoms with Crippen LogP contribution in [-0.2, 0) is 22.5 Å². The summed E-state index contributed by atoms with van der Waals surface area (Å²) in [6, 6.07) is 6.16. The fraction of sp³-hybridized carbons (Fsp3) is 0.500. The zero-order chi connectivity index (χ0) is 24.1. The van der Waals surface area contributed by atoms with Crippen molar-refractivity contribution in [2.75, 3.05) is 43.6 Å². The quantitative estimate of drug-likeness (QED) is 0.464. The fourth-order valence-electron chi connectivity index (χ4n) is 4.30. The van der Waals surface area contributed by atoms with Crippen LogP contribution >= 0.6 is 0 Å². The SMILES string of the molecule is CCOCCn1nc(CC)c2nc(N3CCCC(C(=O)NC)C3)nc(Nc3ccc(F)cc3)c21. The topological polar surface area (TPSA) is 97.2 Å². The predicted octanol–water partition coefficient (Wildman–Crippen LogP) is 3.27. The van der Waals surface area contributed by atoms with Crippen LogP contribution in [0.3, 0.4) is 0 Å². The molecule has 1 aromatic carbocycles. The highest BCUT2D eigenvalue weighted by Crippen LogP contribution is 2.30. The van der Waals surface area contributed by atoms with Crippen molar-refractivity contribution in [1.29, 1.82) is 0 Å². The molecule has 10 heteroatoms. The standard InChI is InChI=1S/C24H32FN7O2/c1-4-19-20-21(32(30-19)13-14-34-5-2)22(27-18-10-8-17(25)9-11-18)29-24(28-20)31-12-6-7-16(15-31)23(33)26-3/h8-11,16H,4-7,12-15H2,1-3H3,(H,26,33)(H,27,28,29). The summed E-state index contributed by atoms with van der Waals surface area (Å²) in [7, 11) is 1.67. The molecule has 1 amide bonds. The third kappa shape index (κ3) is 5.11. The zero-order valence-corrected chi connectivity index (χ0v) is 20.0. The molecule has 1 aliphatic heterocycles. The maximum Gasteiger partial charge on any atom is 0.228 e. The summed E-state index contributed by atoms with van der Waals surface area (Å²) in [5, 5.41) is 10.9. The molecule has 182 valence electrons. The number of aryl methyl sites for hydroxylation is 1. The Hall–Kier alpha value is -3.27. The molecule has 9 nitrogen and oxygen atoms in total. The van der Waals surface area contributed by atoms with Gasteiger partial charge in [-0.3, -0.25) is 9.48 Å². The van der Waals surface area contributed by atoms with E-state index in [2.05, 4.69) is 15.5 Å². The summed E-state index contributed by atoms with van der Waals surface area (Å²) in [5.74, 6) is 0.782. The molecule has 0 saturated carbocycles. The molecule has 34 heavy (non-hydrogen) atoms. The van der Waals surface area contributed by atoms with E-state index in [1.165, 1.54) is 12.1 Å². The molecule has 4 rings (SSSR count). The molecule has 1 atom stereocenters. The van der Waals surface area contributed by atoms with Gasteiger partial charge in [-0.2, -0.15) is 10.1 Å². The minimum absolute atomic E-state index is 0.0356. The Bertz CT molecular complexity index is 1130. The maximum atomic E-state index is 13.5. The van der Waals surface area contributed by atoms with Crippen molar-refractivity contribution < 1.29 is 13.9 Å². The molecule has 1 saturated heterocycles. The number of benzene rings is 1. The van der Waals surface area contributed by atoms with Gasteiger partial charge in [-0.15, -0.1) is 0 Å². The van der Waals surface area contributed by atoms with E-state index >= 15 is 0 Å². The first-order valence-electron chi connectivity index (χ1n) is 11.9. The second-order valence-electron chi connectivity index (χ2n) is 8.32. The van der Waals surface area contributed by atoms with Crippen LogP contribution in [0.1, 0.15) is 32.4 Å². The second kappa shape index (κ2) is 10.8. The number of nitrogens with one attached hydrogen (secondary N) is 2. The molecule has 3 aromatic rings. The number of carbonyl (C=O) groups excluding carboxylic acids is 1. The van der Waals surface area contributed by atoms with Crippen LogP contribution in [0.5, 0.6) is 0 Å². The number of hydrogen-bond acceptors (Lipinski definition) is 7. The second-order valence-corrected chi connectivity index (χ2v) is 8.32. The third-order valence-corrected chi connectivity index (χ3v) is 6.06. The van der Waals surface area contributed by atoms with Crippen LogP contribution in [0.2, 0.25) is 0 Å². The number of rotatable bonds is 9. The number of anilines is 3. The predicted molar refractivity (Wildman–Crippen MR) is 130 cm³/mol. The Morgan fingerprint density at radius 1 is 1.24 bits per heavy atom. The normalized spacial score (nSPS) is 16.1. The number of ether oxygens (including phenoxy) is 1. The van der Waals surface area contributed by atoms with E-state index in [0.717, 1.165) is 36.1 Å². The van der Waals surface area contributed by atoms with Gasteiger partial charge in [0.25, 0.3) is 0 Å². The molecule has 1 aliphatic rings. The van der Waals surface area contributed by atoms with Gasteiger partial charge < -0.3 is 20.3 Å². The minimum atomic E-state index is -0.303. The molecule has 1 unspecified atom stereocenters. The Kier molecular flexibility index (Phi) is 7.56. The maximum absolute atomic E-state index is 13.5. The highest BCUT2D eigenvalue weighted by molar-refractivity contribution is 5.90. The highest BCUT2D eigenvalue weighted by atomic mass is 19.1. The van der Waals surface area contributed by atoms with Crippen molar-refractivity contribution in [2.45, 2.75) is 39.7 Å². The largest absolute Gasteiger partial charge is 0.380 e. The highest BCUT2D eigenvalue weighted by Gasteiger charge is 2.28. The summed E-state index contributed by atoms with van der Waals surface area (Å²) in [5.41, 5.74) is 3.14. The average Bonchev–Trinajstić information content (AvgIpc) is 3.23. The Morgan fingerprint density at radius 2 is 2.03 bits per heavy atom.